The van der Waals surface area contributed by atoms with E-state index in [-0.39, 0.29) is 0 Å². The third kappa shape index (κ3) is 1.60. The zero-order chi connectivity index (χ0) is 7.68. The average molecular weight is 152 g/mol. The molecule has 0 saturated heterocycles. The van der Waals surface area contributed by atoms with Gasteiger partial charge in [-0.25, -0.2) is 5.53 Å². The van der Waals surface area contributed by atoms with Crippen LogP contribution in [0.5, 0.6) is 0 Å². The first-order valence-corrected chi connectivity index (χ1v) is 4.76. The fourth-order valence-corrected chi connectivity index (χ4v) is 2.27. The molecule has 2 rings (SSSR count). The standard InChI is InChI=1S/C9H16N2/c10-11-9-5-3-8(4-6-9)7-1-2-7/h7-10H,1-6H2. The summed E-state index contributed by atoms with van der Waals surface area (Å²) in [7, 11) is 0. The number of nitrogens with zero attached hydrogens (tertiary/aromatic N) is 1. The van der Waals surface area contributed by atoms with Crippen molar-refractivity contribution in [3.8, 4) is 0 Å². The molecule has 2 nitrogen and oxygen atoms in total. The van der Waals surface area contributed by atoms with Gasteiger partial charge in [0.1, 0.15) is 0 Å². The molecule has 2 heteroatoms. The molecule has 0 aromatic heterocycles. The van der Waals surface area contributed by atoms with Gasteiger partial charge in [-0.15, -0.1) is 0 Å². The summed E-state index contributed by atoms with van der Waals surface area (Å²) in [4.78, 5) is 0. The second kappa shape index (κ2) is 2.92. The molecular formula is C9H16N2. The molecule has 0 radical (unpaired) electrons. The van der Waals surface area contributed by atoms with Crippen LogP contribution in [0.2, 0.25) is 0 Å². The molecule has 11 heavy (non-hydrogen) atoms. The van der Waals surface area contributed by atoms with Gasteiger partial charge in [0.2, 0.25) is 0 Å². The SMILES string of the molecule is N=NC1CCC(C2CC2)CC1. The Kier molecular flexibility index (Phi) is 1.93. The third-order valence-electron chi connectivity index (χ3n) is 3.21. The van der Waals surface area contributed by atoms with Crippen LogP contribution in [0.3, 0.4) is 0 Å². The van der Waals surface area contributed by atoms with Crippen LogP contribution in [-0.4, -0.2) is 6.04 Å². The van der Waals surface area contributed by atoms with Gasteiger partial charge in [0.05, 0.1) is 6.04 Å². The van der Waals surface area contributed by atoms with E-state index in [2.05, 4.69) is 5.11 Å². The van der Waals surface area contributed by atoms with E-state index < -0.39 is 0 Å². The molecule has 0 aliphatic heterocycles. The van der Waals surface area contributed by atoms with Crippen molar-refractivity contribution < 1.29 is 0 Å². The smallest absolute Gasteiger partial charge is 0.0706 e. The maximum absolute atomic E-state index is 6.91. The van der Waals surface area contributed by atoms with Crippen molar-refractivity contribution in [3.63, 3.8) is 0 Å². The maximum atomic E-state index is 6.91. The Morgan fingerprint density at radius 1 is 0.818 bits per heavy atom. The number of nitrogens with one attached hydrogen (secondary N) is 1. The van der Waals surface area contributed by atoms with Crippen LogP contribution in [0.4, 0.5) is 0 Å². The van der Waals surface area contributed by atoms with Crippen molar-refractivity contribution in [1.82, 2.24) is 0 Å². The lowest BCUT2D eigenvalue weighted by Crippen LogP contribution is -2.17. The van der Waals surface area contributed by atoms with Crippen molar-refractivity contribution in [2.45, 2.75) is 44.6 Å². The van der Waals surface area contributed by atoms with E-state index >= 15 is 0 Å². The van der Waals surface area contributed by atoms with Gasteiger partial charge in [-0.1, -0.05) is 0 Å². The largest absolute Gasteiger partial charge is 0.210 e. The first-order chi connectivity index (χ1) is 5.40. The molecule has 0 unspecified atom stereocenters. The van der Waals surface area contributed by atoms with E-state index in [1.165, 1.54) is 38.5 Å². The predicted octanol–water partition coefficient (Wildman–Crippen LogP) is 2.99. The lowest BCUT2D eigenvalue weighted by atomic mass is 9.83. The number of hydrogen-bond donors (Lipinski definition) is 1. The number of hydrogen-bond acceptors (Lipinski definition) is 2. The molecule has 2 aliphatic rings. The third-order valence-corrected chi connectivity index (χ3v) is 3.21. The van der Waals surface area contributed by atoms with Crippen molar-refractivity contribution >= 4 is 0 Å². The van der Waals surface area contributed by atoms with E-state index in [1.54, 1.807) is 0 Å². The Morgan fingerprint density at radius 3 is 1.64 bits per heavy atom. The van der Waals surface area contributed by atoms with Crippen LogP contribution in [0.1, 0.15) is 38.5 Å². The topological polar surface area (TPSA) is 36.2 Å². The molecule has 0 atom stereocenters. The molecule has 2 fully saturated rings. The van der Waals surface area contributed by atoms with Crippen molar-refractivity contribution in [1.29, 1.82) is 5.53 Å². The molecule has 0 spiro atoms. The molecule has 62 valence electrons. The highest BCUT2D eigenvalue weighted by Gasteiger charge is 2.33. The zero-order valence-corrected chi connectivity index (χ0v) is 6.92. The minimum atomic E-state index is 0.380. The van der Waals surface area contributed by atoms with Gasteiger partial charge in [0.15, 0.2) is 0 Å². The summed E-state index contributed by atoms with van der Waals surface area (Å²) in [6.07, 6.45) is 8.02. The highest BCUT2D eigenvalue weighted by atomic mass is 15.0. The highest BCUT2D eigenvalue weighted by Crippen LogP contribution is 2.44. The van der Waals surface area contributed by atoms with Crippen LogP contribution in [-0.2, 0) is 0 Å². The summed E-state index contributed by atoms with van der Waals surface area (Å²) in [5.41, 5.74) is 6.91. The summed E-state index contributed by atoms with van der Waals surface area (Å²) in [6.45, 7) is 0. The predicted molar refractivity (Wildman–Crippen MR) is 43.6 cm³/mol. The van der Waals surface area contributed by atoms with Crippen LogP contribution in [0.15, 0.2) is 5.11 Å². The maximum Gasteiger partial charge on any atom is 0.0706 e. The fraction of sp³-hybridized carbons (Fsp3) is 1.00. The Bertz CT molecular complexity index is 144. The minimum Gasteiger partial charge on any atom is -0.210 e. The van der Waals surface area contributed by atoms with E-state index in [1.807, 2.05) is 0 Å². The van der Waals surface area contributed by atoms with Crippen molar-refractivity contribution in [2.24, 2.45) is 17.0 Å². The monoisotopic (exact) mass is 152 g/mol. The Morgan fingerprint density at radius 2 is 1.27 bits per heavy atom. The van der Waals surface area contributed by atoms with Crippen molar-refractivity contribution in [2.75, 3.05) is 0 Å². The fourth-order valence-electron chi connectivity index (χ4n) is 2.27. The van der Waals surface area contributed by atoms with E-state index in [9.17, 15) is 0 Å². The Hall–Kier alpha value is -0.400. The van der Waals surface area contributed by atoms with E-state index in [0.29, 0.717) is 6.04 Å². The van der Waals surface area contributed by atoms with Gasteiger partial charge < -0.3 is 0 Å². The number of rotatable bonds is 2. The molecule has 0 amide bonds. The molecule has 0 aromatic rings. The second-order valence-corrected chi connectivity index (χ2v) is 4.04. The van der Waals surface area contributed by atoms with E-state index in [4.69, 9.17) is 5.53 Å². The summed E-state index contributed by atoms with van der Waals surface area (Å²) >= 11 is 0. The van der Waals surface area contributed by atoms with Crippen molar-refractivity contribution in [3.05, 3.63) is 0 Å². The molecule has 0 bridgehead atoms. The van der Waals surface area contributed by atoms with Crippen LogP contribution >= 0.6 is 0 Å². The lowest BCUT2D eigenvalue weighted by molar-refractivity contribution is 0.291. The summed E-state index contributed by atoms with van der Waals surface area (Å²) in [5, 5.41) is 3.61. The highest BCUT2D eigenvalue weighted by molar-refractivity contribution is 4.86. The first kappa shape index (κ1) is 7.26. The van der Waals surface area contributed by atoms with Gasteiger partial charge in [-0.05, 0) is 50.4 Å². The molecular weight excluding hydrogens is 136 g/mol. The van der Waals surface area contributed by atoms with Crippen LogP contribution in [0.25, 0.3) is 0 Å². The molecule has 0 heterocycles. The second-order valence-electron chi connectivity index (χ2n) is 4.04. The van der Waals surface area contributed by atoms with Crippen LogP contribution in [0, 0.1) is 17.4 Å². The Labute approximate surface area is 67.9 Å². The summed E-state index contributed by atoms with van der Waals surface area (Å²) in [6, 6.07) is 0.380. The lowest BCUT2D eigenvalue weighted by Gasteiger charge is -2.24. The Balaban J connectivity index is 1.79. The molecule has 2 aliphatic carbocycles. The van der Waals surface area contributed by atoms with E-state index in [0.717, 1.165) is 11.8 Å². The van der Waals surface area contributed by atoms with Gasteiger partial charge in [-0.3, -0.25) is 0 Å². The first-order valence-electron chi connectivity index (χ1n) is 4.76. The van der Waals surface area contributed by atoms with Gasteiger partial charge in [-0.2, -0.15) is 5.11 Å². The van der Waals surface area contributed by atoms with Gasteiger partial charge in [0, 0.05) is 0 Å². The normalized spacial score (nSPS) is 38.5. The van der Waals surface area contributed by atoms with Gasteiger partial charge >= 0.3 is 0 Å². The van der Waals surface area contributed by atoms with Crippen LogP contribution < -0.4 is 0 Å². The molecule has 2 saturated carbocycles. The minimum absolute atomic E-state index is 0.380. The summed E-state index contributed by atoms with van der Waals surface area (Å²) < 4.78 is 0. The molecule has 0 aromatic carbocycles. The summed E-state index contributed by atoms with van der Waals surface area (Å²) in [5.74, 6) is 2.08. The average Bonchev–Trinajstić information content (AvgIpc) is 2.87. The quantitative estimate of drug-likeness (QED) is 0.590. The van der Waals surface area contributed by atoms with Gasteiger partial charge in [0.25, 0.3) is 0 Å². The zero-order valence-electron chi connectivity index (χ0n) is 6.92. The molecule has 1 N–H and O–H groups in total.